The molecule has 0 aromatic heterocycles. The van der Waals surface area contributed by atoms with Crippen molar-refractivity contribution < 1.29 is 34.4 Å². The maximum absolute atomic E-state index is 11.8. The molecular weight excluding hydrogens is 546 g/mol. The van der Waals surface area contributed by atoms with Crippen LogP contribution in [-0.4, -0.2) is 70.9 Å². The van der Waals surface area contributed by atoms with E-state index in [9.17, 15) is 19.8 Å². The number of amides is 1. The van der Waals surface area contributed by atoms with Crippen molar-refractivity contribution in [2.75, 3.05) is 13.2 Å². The van der Waals surface area contributed by atoms with Crippen molar-refractivity contribution in [3.8, 4) is 0 Å². The molecule has 1 aliphatic heterocycles. The van der Waals surface area contributed by atoms with Crippen LogP contribution in [0, 0.1) is 0 Å². The second-order valence-corrected chi connectivity index (χ2v) is 12.9. The molecule has 43 heavy (non-hydrogen) atoms. The molecule has 0 aromatic rings. The number of ether oxygens (including phenoxy) is 2. The lowest BCUT2D eigenvalue weighted by Crippen LogP contribution is -2.48. The van der Waals surface area contributed by atoms with Crippen molar-refractivity contribution in [2.24, 2.45) is 0 Å². The predicted molar refractivity (Wildman–Crippen MR) is 173 cm³/mol. The van der Waals surface area contributed by atoms with Crippen molar-refractivity contribution in [2.45, 2.75) is 199 Å². The SMILES string of the molecule is CC(CCCCCCCCCCCCCCCCCCCCCCC(=O)CC(=O)NCCO)OC1OC(C)C(O)CC1O. The number of aliphatic hydroxyl groups is 3. The average Bonchev–Trinajstić information content (AvgIpc) is 2.97. The van der Waals surface area contributed by atoms with Crippen molar-refractivity contribution in [3.05, 3.63) is 0 Å². The van der Waals surface area contributed by atoms with Crippen LogP contribution in [0.3, 0.4) is 0 Å². The molecule has 8 nitrogen and oxygen atoms in total. The third-order valence-electron chi connectivity index (χ3n) is 8.66. The maximum atomic E-state index is 11.8. The lowest BCUT2D eigenvalue weighted by molar-refractivity contribution is -0.273. The molecule has 0 bridgehead atoms. The number of unbranched alkanes of at least 4 members (excludes halogenated alkanes) is 19. The molecule has 0 radical (unpaired) electrons. The number of Topliss-reactive ketones (excluding diaryl/α,β-unsaturated/α-hetero) is 1. The van der Waals surface area contributed by atoms with Gasteiger partial charge in [-0.1, -0.05) is 122 Å². The monoisotopic (exact) mass is 613 g/mol. The van der Waals surface area contributed by atoms with Crippen LogP contribution >= 0.6 is 0 Å². The summed E-state index contributed by atoms with van der Waals surface area (Å²) in [5, 5.41) is 31.0. The predicted octanol–water partition coefficient (Wildman–Crippen LogP) is 6.90. The topological polar surface area (TPSA) is 125 Å². The van der Waals surface area contributed by atoms with Crippen LogP contribution in [0.15, 0.2) is 0 Å². The van der Waals surface area contributed by atoms with Gasteiger partial charge in [0.15, 0.2) is 6.29 Å². The highest BCUT2D eigenvalue weighted by Crippen LogP contribution is 2.23. The highest BCUT2D eigenvalue weighted by atomic mass is 16.7. The first kappa shape index (κ1) is 40.0. The van der Waals surface area contributed by atoms with E-state index in [1.165, 1.54) is 109 Å². The van der Waals surface area contributed by atoms with Crippen LogP contribution in [0.1, 0.15) is 168 Å². The number of nitrogens with one attached hydrogen (secondary N) is 1. The summed E-state index contributed by atoms with van der Waals surface area (Å²) in [7, 11) is 0. The number of aliphatic hydroxyl groups excluding tert-OH is 3. The zero-order valence-electron chi connectivity index (χ0n) is 27.7. The van der Waals surface area contributed by atoms with Gasteiger partial charge in [-0.2, -0.15) is 0 Å². The van der Waals surface area contributed by atoms with E-state index in [1.54, 1.807) is 0 Å². The molecule has 1 fully saturated rings. The van der Waals surface area contributed by atoms with E-state index in [0.717, 1.165) is 25.7 Å². The lowest BCUT2D eigenvalue weighted by Gasteiger charge is -2.36. The highest BCUT2D eigenvalue weighted by Gasteiger charge is 2.35. The van der Waals surface area contributed by atoms with E-state index in [1.807, 2.05) is 13.8 Å². The van der Waals surface area contributed by atoms with E-state index in [0.29, 0.717) is 12.8 Å². The van der Waals surface area contributed by atoms with Crippen LogP contribution in [0.4, 0.5) is 0 Å². The van der Waals surface area contributed by atoms with Gasteiger partial charge in [0.05, 0.1) is 31.3 Å². The Morgan fingerprint density at radius 3 is 1.65 bits per heavy atom. The summed E-state index contributed by atoms with van der Waals surface area (Å²) in [6, 6.07) is 0. The summed E-state index contributed by atoms with van der Waals surface area (Å²) in [4.78, 5) is 23.2. The molecule has 8 heteroatoms. The zero-order chi connectivity index (χ0) is 31.5. The summed E-state index contributed by atoms with van der Waals surface area (Å²) in [6.07, 6.45) is 25.1. The quantitative estimate of drug-likeness (QED) is 0.0534. The Hall–Kier alpha value is -1.06. The van der Waals surface area contributed by atoms with E-state index >= 15 is 0 Å². The number of hydrogen-bond donors (Lipinski definition) is 4. The summed E-state index contributed by atoms with van der Waals surface area (Å²) >= 11 is 0. The van der Waals surface area contributed by atoms with Gasteiger partial charge in [0.1, 0.15) is 11.9 Å². The van der Waals surface area contributed by atoms with Crippen LogP contribution in [0.2, 0.25) is 0 Å². The van der Waals surface area contributed by atoms with E-state index < -0.39 is 18.5 Å². The zero-order valence-corrected chi connectivity index (χ0v) is 27.7. The van der Waals surface area contributed by atoms with Gasteiger partial charge in [-0.3, -0.25) is 9.59 Å². The molecule has 0 spiro atoms. The second-order valence-electron chi connectivity index (χ2n) is 12.9. The minimum atomic E-state index is -0.753. The summed E-state index contributed by atoms with van der Waals surface area (Å²) < 4.78 is 11.5. The first-order valence-electron chi connectivity index (χ1n) is 17.9. The van der Waals surface area contributed by atoms with Gasteiger partial charge in [-0.15, -0.1) is 0 Å². The molecule has 5 unspecified atom stereocenters. The van der Waals surface area contributed by atoms with E-state index in [-0.39, 0.29) is 43.5 Å². The largest absolute Gasteiger partial charge is 0.395 e. The fraction of sp³-hybridized carbons (Fsp3) is 0.943. The summed E-state index contributed by atoms with van der Waals surface area (Å²) in [6.45, 7) is 3.98. The molecule has 4 N–H and O–H groups in total. The minimum absolute atomic E-state index is 0.00131. The molecule has 0 saturated carbocycles. The van der Waals surface area contributed by atoms with Gasteiger partial charge in [-0.25, -0.2) is 0 Å². The average molecular weight is 614 g/mol. The molecule has 1 amide bonds. The van der Waals surface area contributed by atoms with Crippen molar-refractivity contribution in [1.82, 2.24) is 5.32 Å². The van der Waals surface area contributed by atoms with Crippen molar-refractivity contribution >= 4 is 11.7 Å². The molecule has 0 aliphatic carbocycles. The Morgan fingerprint density at radius 1 is 0.744 bits per heavy atom. The second kappa shape index (κ2) is 27.3. The molecule has 5 atom stereocenters. The Balaban J connectivity index is 1.75. The standard InChI is InChI=1S/C35H67NO7/c1-29(42-35-33(40)28-32(39)30(2)43-35)23-21-19-17-15-13-11-9-7-5-3-4-6-8-10-12-14-16-18-20-22-24-31(38)27-34(41)36-25-26-37/h29-30,32-33,35,37,39-40H,3-28H2,1-2H3,(H,36,41). The third kappa shape index (κ3) is 23.0. The molecule has 1 heterocycles. The van der Waals surface area contributed by atoms with Gasteiger partial charge < -0.3 is 30.1 Å². The van der Waals surface area contributed by atoms with Gasteiger partial charge in [0, 0.05) is 19.4 Å². The van der Waals surface area contributed by atoms with Gasteiger partial charge in [-0.05, 0) is 26.7 Å². The fourth-order valence-corrected chi connectivity index (χ4v) is 5.82. The van der Waals surface area contributed by atoms with Crippen LogP contribution in [0.5, 0.6) is 0 Å². The molecular formula is C35H67NO7. The van der Waals surface area contributed by atoms with Gasteiger partial charge in [0.25, 0.3) is 0 Å². The molecule has 1 rings (SSSR count). The third-order valence-corrected chi connectivity index (χ3v) is 8.66. The fourth-order valence-electron chi connectivity index (χ4n) is 5.82. The molecule has 254 valence electrons. The highest BCUT2D eigenvalue weighted by molar-refractivity contribution is 5.97. The number of carbonyl (C=O) groups is 2. The molecule has 0 aromatic carbocycles. The first-order chi connectivity index (χ1) is 20.8. The van der Waals surface area contributed by atoms with Gasteiger partial charge >= 0.3 is 0 Å². The first-order valence-corrected chi connectivity index (χ1v) is 17.9. The van der Waals surface area contributed by atoms with Crippen molar-refractivity contribution in [3.63, 3.8) is 0 Å². The van der Waals surface area contributed by atoms with Gasteiger partial charge in [0.2, 0.25) is 5.91 Å². The molecule has 1 saturated heterocycles. The van der Waals surface area contributed by atoms with Crippen LogP contribution < -0.4 is 5.32 Å². The summed E-state index contributed by atoms with van der Waals surface area (Å²) in [5.74, 6) is -0.284. The minimum Gasteiger partial charge on any atom is -0.395 e. The summed E-state index contributed by atoms with van der Waals surface area (Å²) in [5.41, 5.74) is 0. The number of hydrogen-bond acceptors (Lipinski definition) is 7. The lowest BCUT2D eigenvalue weighted by atomic mass is 10.0. The van der Waals surface area contributed by atoms with E-state index in [4.69, 9.17) is 14.6 Å². The number of rotatable bonds is 29. The Morgan fingerprint density at radius 2 is 1.19 bits per heavy atom. The Kier molecular flexibility index (Phi) is 25.3. The Labute approximate surface area is 263 Å². The normalized spacial score (nSPS) is 21.1. The van der Waals surface area contributed by atoms with Crippen molar-refractivity contribution in [1.29, 1.82) is 0 Å². The Bertz CT molecular complexity index is 677. The van der Waals surface area contributed by atoms with Crippen LogP contribution in [-0.2, 0) is 19.1 Å². The number of ketones is 1. The van der Waals surface area contributed by atoms with E-state index in [2.05, 4.69) is 5.32 Å². The van der Waals surface area contributed by atoms with Crippen LogP contribution in [0.25, 0.3) is 0 Å². The maximum Gasteiger partial charge on any atom is 0.227 e. The molecule has 1 aliphatic rings. The number of carbonyl (C=O) groups excluding carboxylic acids is 2. The smallest absolute Gasteiger partial charge is 0.227 e.